The van der Waals surface area contributed by atoms with Crippen molar-refractivity contribution in [2.75, 3.05) is 0 Å². The maximum absolute atomic E-state index is 11.9. The van der Waals surface area contributed by atoms with Crippen LogP contribution in [0.5, 0.6) is 0 Å². The zero-order valence-corrected chi connectivity index (χ0v) is 9.06. The third kappa shape index (κ3) is 2.27. The summed E-state index contributed by atoms with van der Waals surface area (Å²) in [6.45, 7) is 0. The van der Waals surface area contributed by atoms with E-state index in [1.165, 1.54) is 0 Å². The van der Waals surface area contributed by atoms with Crippen LogP contribution in [0.25, 0.3) is 6.08 Å². The van der Waals surface area contributed by atoms with Crippen molar-refractivity contribution in [1.29, 1.82) is 0 Å². The molecular formula is C14H14O2. The first kappa shape index (κ1) is 10.8. The Balaban J connectivity index is 2.23. The van der Waals surface area contributed by atoms with Crippen molar-refractivity contribution in [1.82, 2.24) is 0 Å². The Morgan fingerprint density at radius 1 is 1.19 bits per heavy atom. The Kier molecular flexibility index (Phi) is 3.30. The van der Waals surface area contributed by atoms with Gasteiger partial charge in [0.2, 0.25) is 0 Å². The summed E-state index contributed by atoms with van der Waals surface area (Å²) in [5.74, 6) is -0.409. The van der Waals surface area contributed by atoms with Crippen LogP contribution >= 0.6 is 0 Å². The number of ketones is 1. The van der Waals surface area contributed by atoms with Gasteiger partial charge in [0, 0.05) is 0 Å². The van der Waals surface area contributed by atoms with E-state index in [0.29, 0.717) is 6.42 Å². The van der Waals surface area contributed by atoms with Crippen molar-refractivity contribution >= 4 is 18.1 Å². The monoisotopic (exact) mass is 214 g/mol. The Hall–Kier alpha value is -1.70. The Morgan fingerprint density at radius 3 is 2.62 bits per heavy atom. The second-order valence-electron chi connectivity index (χ2n) is 4.08. The molecule has 1 aromatic rings. The third-order valence-corrected chi connectivity index (χ3v) is 2.92. The highest BCUT2D eigenvalue weighted by Crippen LogP contribution is 2.25. The molecule has 0 heterocycles. The van der Waals surface area contributed by atoms with Gasteiger partial charge < -0.3 is 4.79 Å². The largest absolute Gasteiger partial charge is 0.303 e. The molecule has 0 aliphatic heterocycles. The summed E-state index contributed by atoms with van der Waals surface area (Å²) in [6.07, 6.45) is 5.10. The molecule has 0 spiro atoms. The first-order chi connectivity index (χ1) is 7.81. The van der Waals surface area contributed by atoms with Crippen LogP contribution < -0.4 is 0 Å². The Bertz CT molecular complexity index is 418. The van der Waals surface area contributed by atoms with E-state index >= 15 is 0 Å². The molecular weight excluding hydrogens is 200 g/mol. The van der Waals surface area contributed by atoms with Gasteiger partial charge in [0.25, 0.3) is 0 Å². The summed E-state index contributed by atoms with van der Waals surface area (Å²) in [4.78, 5) is 22.6. The molecule has 0 unspecified atom stereocenters. The number of hydrogen-bond acceptors (Lipinski definition) is 2. The molecule has 2 rings (SSSR count). The fourth-order valence-corrected chi connectivity index (χ4v) is 2.03. The van der Waals surface area contributed by atoms with Gasteiger partial charge in [-0.25, -0.2) is 0 Å². The van der Waals surface area contributed by atoms with Crippen LogP contribution in [-0.4, -0.2) is 12.1 Å². The summed E-state index contributed by atoms with van der Waals surface area (Å²) < 4.78 is 0. The molecule has 1 aliphatic carbocycles. The minimum atomic E-state index is -0.413. The van der Waals surface area contributed by atoms with Gasteiger partial charge >= 0.3 is 0 Å². The molecule has 1 atom stereocenters. The summed E-state index contributed by atoms with van der Waals surface area (Å²) in [5.41, 5.74) is 1.81. The molecule has 2 nitrogen and oxygen atoms in total. The van der Waals surface area contributed by atoms with E-state index in [1.54, 1.807) is 0 Å². The van der Waals surface area contributed by atoms with E-state index in [9.17, 15) is 9.59 Å². The van der Waals surface area contributed by atoms with Crippen LogP contribution in [0.4, 0.5) is 0 Å². The minimum Gasteiger partial charge on any atom is -0.303 e. The van der Waals surface area contributed by atoms with Crippen LogP contribution in [-0.2, 0) is 9.59 Å². The van der Waals surface area contributed by atoms with Crippen LogP contribution in [0.15, 0.2) is 35.9 Å². The summed E-state index contributed by atoms with van der Waals surface area (Å²) in [6, 6.07) is 9.75. The van der Waals surface area contributed by atoms with E-state index in [-0.39, 0.29) is 5.78 Å². The molecule has 1 fully saturated rings. The molecule has 1 aromatic carbocycles. The minimum absolute atomic E-state index is 0.00473. The van der Waals surface area contributed by atoms with Crippen LogP contribution in [0.1, 0.15) is 24.8 Å². The highest BCUT2D eigenvalue weighted by molar-refractivity contribution is 6.08. The molecule has 0 saturated heterocycles. The van der Waals surface area contributed by atoms with Crippen molar-refractivity contribution in [2.45, 2.75) is 19.3 Å². The van der Waals surface area contributed by atoms with Crippen molar-refractivity contribution in [2.24, 2.45) is 5.92 Å². The van der Waals surface area contributed by atoms with E-state index in [1.807, 2.05) is 36.4 Å². The molecule has 1 aliphatic rings. The molecule has 0 N–H and O–H groups in total. The lowest BCUT2D eigenvalue weighted by atomic mass is 9.84. The average Bonchev–Trinajstić information content (AvgIpc) is 2.33. The third-order valence-electron chi connectivity index (χ3n) is 2.92. The lowest BCUT2D eigenvalue weighted by molar-refractivity contribution is -0.125. The smallest absolute Gasteiger partial charge is 0.169 e. The number of carbonyl (C=O) groups excluding carboxylic acids is 2. The quantitative estimate of drug-likeness (QED) is 0.431. The van der Waals surface area contributed by atoms with Crippen LogP contribution in [0.2, 0.25) is 0 Å². The number of rotatable bonds is 2. The summed E-state index contributed by atoms with van der Waals surface area (Å²) in [7, 11) is 0. The molecule has 2 heteroatoms. The van der Waals surface area contributed by atoms with E-state index in [4.69, 9.17) is 0 Å². The van der Waals surface area contributed by atoms with Crippen molar-refractivity contribution in [3.05, 3.63) is 41.5 Å². The first-order valence-corrected chi connectivity index (χ1v) is 5.56. The van der Waals surface area contributed by atoms with Gasteiger partial charge in [0.15, 0.2) is 5.78 Å². The topological polar surface area (TPSA) is 34.1 Å². The maximum atomic E-state index is 11.9. The molecule has 16 heavy (non-hydrogen) atoms. The second-order valence-corrected chi connectivity index (χ2v) is 4.08. The maximum Gasteiger partial charge on any atom is 0.169 e. The molecule has 1 saturated carbocycles. The lowest BCUT2D eigenvalue weighted by Gasteiger charge is -2.18. The van der Waals surface area contributed by atoms with Gasteiger partial charge in [-0.1, -0.05) is 30.3 Å². The van der Waals surface area contributed by atoms with Gasteiger partial charge in [0.1, 0.15) is 6.29 Å². The molecule has 0 amide bonds. The average molecular weight is 214 g/mol. The van der Waals surface area contributed by atoms with E-state index in [2.05, 4.69) is 0 Å². The fourth-order valence-electron chi connectivity index (χ4n) is 2.03. The van der Waals surface area contributed by atoms with Crippen LogP contribution in [0, 0.1) is 5.92 Å². The molecule has 0 aromatic heterocycles. The summed E-state index contributed by atoms with van der Waals surface area (Å²) in [5, 5.41) is 0. The predicted octanol–water partition coefficient (Wildman–Crippen LogP) is 2.64. The number of carbonyl (C=O) groups is 2. The van der Waals surface area contributed by atoms with Gasteiger partial charge in [-0.15, -0.1) is 0 Å². The number of Topliss-reactive ketones (excluding diaryl/α,β-unsaturated/α-hetero) is 1. The van der Waals surface area contributed by atoms with Crippen molar-refractivity contribution in [3.8, 4) is 0 Å². The number of allylic oxidation sites excluding steroid dienone is 1. The Morgan fingerprint density at radius 2 is 1.94 bits per heavy atom. The van der Waals surface area contributed by atoms with Gasteiger partial charge in [-0.2, -0.15) is 0 Å². The first-order valence-electron chi connectivity index (χ1n) is 5.56. The molecule has 0 bridgehead atoms. The van der Waals surface area contributed by atoms with Crippen molar-refractivity contribution in [3.63, 3.8) is 0 Å². The zero-order valence-electron chi connectivity index (χ0n) is 9.06. The van der Waals surface area contributed by atoms with E-state index in [0.717, 1.165) is 30.3 Å². The highest BCUT2D eigenvalue weighted by atomic mass is 16.1. The number of hydrogen-bond donors (Lipinski definition) is 0. The normalized spacial score (nSPS) is 23.4. The standard InChI is InChI=1S/C14H14O2/c15-10-13-8-4-7-12(14(13)16)9-11-5-2-1-3-6-11/h1-3,5-6,9-10,13H,4,7-8H2/b12-9+/t13-/m1/s1. The van der Waals surface area contributed by atoms with Gasteiger partial charge in [0.05, 0.1) is 5.92 Å². The second kappa shape index (κ2) is 4.88. The molecule has 82 valence electrons. The van der Waals surface area contributed by atoms with E-state index < -0.39 is 5.92 Å². The predicted molar refractivity (Wildman–Crippen MR) is 62.8 cm³/mol. The summed E-state index contributed by atoms with van der Waals surface area (Å²) >= 11 is 0. The lowest BCUT2D eigenvalue weighted by Crippen LogP contribution is -2.22. The highest BCUT2D eigenvalue weighted by Gasteiger charge is 2.25. The van der Waals surface area contributed by atoms with Gasteiger partial charge in [-0.05, 0) is 36.5 Å². The van der Waals surface area contributed by atoms with Gasteiger partial charge in [-0.3, -0.25) is 4.79 Å². The van der Waals surface area contributed by atoms with Crippen molar-refractivity contribution < 1.29 is 9.59 Å². The number of benzene rings is 1. The SMILES string of the molecule is O=C[C@H]1CCC/C(=C\c2ccccc2)C1=O. The zero-order chi connectivity index (χ0) is 11.4. The van der Waals surface area contributed by atoms with Crippen LogP contribution in [0.3, 0.4) is 0 Å². The fraction of sp³-hybridized carbons (Fsp3) is 0.286. The molecule has 0 radical (unpaired) electrons. The Labute approximate surface area is 95.0 Å². The number of aldehydes is 1.